The lowest BCUT2D eigenvalue weighted by Crippen LogP contribution is -2.41. The Kier molecular flexibility index (Phi) is 5.26. The Hall–Kier alpha value is -1.97. The Bertz CT molecular complexity index is 661. The molecular formula is C15H24N4O4S. The molecule has 134 valence electrons. The maximum absolute atomic E-state index is 12.2. The second-order valence-electron chi connectivity index (χ2n) is 6.20. The number of amides is 1. The predicted octanol–water partition coefficient (Wildman–Crippen LogP) is 2.33. The fourth-order valence-electron chi connectivity index (χ4n) is 2.16. The van der Waals surface area contributed by atoms with Crippen LogP contribution in [0.4, 0.5) is 5.69 Å². The van der Waals surface area contributed by atoms with Crippen LogP contribution in [0.15, 0.2) is 22.6 Å². The number of hydrogen-bond donors (Lipinski definition) is 5. The van der Waals surface area contributed by atoms with Gasteiger partial charge in [0.25, 0.3) is 0 Å². The molecule has 2 rings (SSSR count). The molecule has 1 aliphatic rings. The Labute approximate surface area is 143 Å². The summed E-state index contributed by atoms with van der Waals surface area (Å²) in [6.45, 7) is 6.33. The highest BCUT2D eigenvalue weighted by Gasteiger charge is 2.30. The van der Waals surface area contributed by atoms with E-state index < -0.39 is 16.4 Å². The molecule has 0 aliphatic carbocycles. The van der Waals surface area contributed by atoms with Crippen molar-refractivity contribution in [2.75, 3.05) is 17.9 Å². The third-order valence-electron chi connectivity index (χ3n) is 3.49. The van der Waals surface area contributed by atoms with Gasteiger partial charge in [-0.3, -0.25) is 18.6 Å². The van der Waals surface area contributed by atoms with Crippen molar-refractivity contribution in [3.8, 4) is 5.75 Å². The van der Waals surface area contributed by atoms with Crippen LogP contribution in [-0.2, 0) is 4.79 Å². The van der Waals surface area contributed by atoms with Crippen molar-refractivity contribution in [1.82, 2.24) is 5.32 Å². The highest BCUT2D eigenvalue weighted by molar-refractivity contribution is 8.24. The van der Waals surface area contributed by atoms with Crippen LogP contribution in [0.2, 0.25) is 0 Å². The van der Waals surface area contributed by atoms with Crippen LogP contribution in [0.3, 0.4) is 0 Å². The van der Waals surface area contributed by atoms with Gasteiger partial charge in [0.15, 0.2) is 5.84 Å². The van der Waals surface area contributed by atoms with E-state index in [4.69, 9.17) is 10.5 Å². The van der Waals surface area contributed by atoms with Crippen LogP contribution in [-0.4, -0.2) is 34.0 Å². The van der Waals surface area contributed by atoms with Gasteiger partial charge >= 0.3 is 0 Å². The van der Waals surface area contributed by atoms with E-state index in [2.05, 4.69) is 14.4 Å². The third kappa shape index (κ3) is 4.11. The molecule has 1 aromatic rings. The van der Waals surface area contributed by atoms with Crippen LogP contribution < -0.4 is 20.5 Å². The molecule has 8 nitrogen and oxygen atoms in total. The van der Waals surface area contributed by atoms with Gasteiger partial charge in [0, 0.05) is 6.54 Å². The summed E-state index contributed by atoms with van der Waals surface area (Å²) in [4.78, 5) is 12.2. The maximum atomic E-state index is 12.2. The number of nitrogens with one attached hydrogen (secondary N) is 2. The number of nitrogens with two attached hydrogens (primary N) is 1. The van der Waals surface area contributed by atoms with Crippen molar-refractivity contribution in [2.24, 2.45) is 15.5 Å². The van der Waals surface area contributed by atoms with E-state index in [9.17, 15) is 13.9 Å². The number of benzene rings is 1. The molecule has 0 fully saturated rings. The van der Waals surface area contributed by atoms with Gasteiger partial charge in [0.05, 0.1) is 16.7 Å². The lowest BCUT2D eigenvalue weighted by Gasteiger charge is -2.34. The number of nitrogens with zero attached hydrogens (tertiary/aromatic N) is 1. The zero-order valence-corrected chi connectivity index (χ0v) is 14.8. The SMILES string of the molecule is CCCNC(=O)C(C)(C)COc1cccc2c1C(N)=NS(O)(O)N2. The van der Waals surface area contributed by atoms with Crippen LogP contribution in [0.5, 0.6) is 5.75 Å². The molecular weight excluding hydrogens is 332 g/mol. The summed E-state index contributed by atoms with van der Waals surface area (Å²) >= 11 is 0. The number of anilines is 1. The van der Waals surface area contributed by atoms with Gasteiger partial charge in [-0.1, -0.05) is 13.0 Å². The Morgan fingerprint density at radius 2 is 2.17 bits per heavy atom. The smallest absolute Gasteiger partial charge is 0.229 e. The molecule has 0 unspecified atom stereocenters. The number of carbonyl (C=O) groups is 1. The molecule has 0 saturated carbocycles. The fourth-order valence-corrected chi connectivity index (χ4v) is 3.03. The quantitative estimate of drug-likeness (QED) is 0.532. The first-order valence-electron chi connectivity index (χ1n) is 7.62. The van der Waals surface area contributed by atoms with Gasteiger partial charge in [-0.15, -0.1) is 4.40 Å². The van der Waals surface area contributed by atoms with Gasteiger partial charge in [0.2, 0.25) is 5.91 Å². The minimum atomic E-state index is -3.34. The summed E-state index contributed by atoms with van der Waals surface area (Å²) in [5.74, 6) is 0.309. The Morgan fingerprint density at radius 3 is 2.83 bits per heavy atom. The van der Waals surface area contributed by atoms with E-state index >= 15 is 0 Å². The lowest BCUT2D eigenvalue weighted by atomic mass is 9.93. The predicted molar refractivity (Wildman–Crippen MR) is 96.2 cm³/mol. The highest BCUT2D eigenvalue weighted by atomic mass is 32.3. The molecule has 0 radical (unpaired) electrons. The number of rotatable bonds is 6. The molecule has 0 bridgehead atoms. The number of ether oxygens (including phenoxy) is 1. The monoisotopic (exact) mass is 356 g/mol. The van der Waals surface area contributed by atoms with Gasteiger partial charge in [-0.05, 0) is 43.4 Å². The molecule has 24 heavy (non-hydrogen) atoms. The molecule has 6 N–H and O–H groups in total. The molecule has 0 atom stereocenters. The van der Waals surface area contributed by atoms with E-state index in [1.54, 1.807) is 32.0 Å². The van der Waals surface area contributed by atoms with Crippen molar-refractivity contribution in [3.63, 3.8) is 0 Å². The largest absolute Gasteiger partial charge is 0.492 e. The molecule has 0 spiro atoms. The molecule has 0 saturated heterocycles. The lowest BCUT2D eigenvalue weighted by molar-refractivity contribution is -0.130. The first kappa shape index (κ1) is 18.4. The first-order chi connectivity index (χ1) is 11.2. The maximum Gasteiger partial charge on any atom is 0.229 e. The minimum absolute atomic E-state index is 0.0207. The van der Waals surface area contributed by atoms with E-state index in [0.717, 1.165) is 6.42 Å². The van der Waals surface area contributed by atoms with E-state index in [1.165, 1.54) is 0 Å². The van der Waals surface area contributed by atoms with Gasteiger partial charge in [-0.2, -0.15) is 0 Å². The number of amidine groups is 1. The fraction of sp³-hybridized carbons (Fsp3) is 0.467. The van der Waals surface area contributed by atoms with Crippen LogP contribution >= 0.6 is 11.0 Å². The van der Waals surface area contributed by atoms with E-state index in [1.807, 2.05) is 6.92 Å². The van der Waals surface area contributed by atoms with Crippen LogP contribution in [0, 0.1) is 5.41 Å². The summed E-state index contributed by atoms with van der Waals surface area (Å²) in [5, 5.41) is 2.85. The number of hydrogen-bond acceptors (Lipinski definition) is 7. The molecule has 1 amide bonds. The number of carbonyl (C=O) groups excluding carboxylic acids is 1. The average molecular weight is 356 g/mol. The second-order valence-corrected chi connectivity index (χ2v) is 7.63. The third-order valence-corrected chi connectivity index (χ3v) is 4.44. The van der Waals surface area contributed by atoms with Gasteiger partial charge in [-0.25, -0.2) is 0 Å². The zero-order chi connectivity index (χ0) is 18.0. The van der Waals surface area contributed by atoms with Crippen molar-refractivity contribution < 1.29 is 18.6 Å². The average Bonchev–Trinajstić information content (AvgIpc) is 2.48. The minimum Gasteiger partial charge on any atom is -0.492 e. The Balaban J connectivity index is 2.16. The summed E-state index contributed by atoms with van der Waals surface area (Å²) in [7, 11) is -3.34. The standard InChI is InChI=1S/C15H24N4O4S/c1-4-8-17-14(20)15(2,3)9-23-11-7-5-6-10-12(11)13(16)19-24(21,22)18-10/h5-7,18,21-22H,4,8-9H2,1-3H3,(H2,16,19)(H,17,20). The number of fused-ring (bicyclic) bond motifs is 1. The molecule has 1 heterocycles. The van der Waals surface area contributed by atoms with Crippen LogP contribution in [0.25, 0.3) is 0 Å². The Morgan fingerprint density at radius 1 is 1.46 bits per heavy atom. The first-order valence-corrected chi connectivity index (χ1v) is 9.12. The van der Waals surface area contributed by atoms with E-state index in [0.29, 0.717) is 23.5 Å². The molecule has 0 aromatic heterocycles. The van der Waals surface area contributed by atoms with Crippen molar-refractivity contribution in [2.45, 2.75) is 27.2 Å². The van der Waals surface area contributed by atoms with E-state index in [-0.39, 0.29) is 18.3 Å². The summed E-state index contributed by atoms with van der Waals surface area (Å²) in [5.41, 5.74) is 5.99. The highest BCUT2D eigenvalue weighted by Crippen LogP contribution is 2.46. The summed E-state index contributed by atoms with van der Waals surface area (Å²) < 4.78 is 31.3. The van der Waals surface area contributed by atoms with Crippen molar-refractivity contribution >= 4 is 28.4 Å². The van der Waals surface area contributed by atoms with Gasteiger partial charge in [0.1, 0.15) is 12.4 Å². The zero-order valence-electron chi connectivity index (χ0n) is 14.0. The van der Waals surface area contributed by atoms with Crippen LogP contribution in [0.1, 0.15) is 32.8 Å². The normalized spacial score (nSPS) is 17.1. The molecule has 9 heteroatoms. The topological polar surface area (TPSA) is 129 Å². The van der Waals surface area contributed by atoms with Gasteiger partial charge < -0.3 is 15.8 Å². The molecule has 1 aromatic carbocycles. The second kappa shape index (κ2) is 6.88. The van der Waals surface area contributed by atoms with Crippen molar-refractivity contribution in [3.05, 3.63) is 23.8 Å². The summed E-state index contributed by atoms with van der Waals surface area (Å²) in [6, 6.07) is 5.04. The van der Waals surface area contributed by atoms with Crippen molar-refractivity contribution in [1.29, 1.82) is 0 Å². The molecule has 1 aliphatic heterocycles. The summed E-state index contributed by atoms with van der Waals surface area (Å²) in [6.07, 6.45) is 0.861.